The summed E-state index contributed by atoms with van der Waals surface area (Å²) in [6.07, 6.45) is 4.33. The van der Waals surface area contributed by atoms with Gasteiger partial charge in [-0.2, -0.15) is 0 Å². The molecule has 1 aliphatic heterocycles. The minimum absolute atomic E-state index is 0.00823. The number of likely N-dealkylation sites (tertiary alicyclic amines) is 1. The van der Waals surface area contributed by atoms with Crippen LogP contribution in [-0.2, 0) is 6.42 Å². The molecule has 23 heavy (non-hydrogen) atoms. The number of benzene rings is 1. The van der Waals surface area contributed by atoms with Crippen LogP contribution in [0.4, 0.5) is 4.79 Å². The van der Waals surface area contributed by atoms with E-state index in [0.29, 0.717) is 12.5 Å². The number of piperidine rings is 1. The molecule has 0 radical (unpaired) electrons. The largest absolute Gasteiger partial charge is 0.393 e. The van der Waals surface area contributed by atoms with Crippen molar-refractivity contribution in [2.75, 3.05) is 19.6 Å². The van der Waals surface area contributed by atoms with E-state index in [1.54, 1.807) is 0 Å². The lowest BCUT2D eigenvalue weighted by Crippen LogP contribution is -2.46. The number of nitrogens with one attached hydrogen (secondary N) is 2. The SMILES string of the molecule is CC(O)C1CCN(C(=O)NCCc2c[nH]c3ccccc23)CC1. The molecule has 1 aromatic carbocycles. The topological polar surface area (TPSA) is 68.4 Å². The average molecular weight is 315 g/mol. The Morgan fingerprint density at radius 1 is 1.39 bits per heavy atom. The number of nitrogens with zero attached hydrogens (tertiary/aromatic N) is 1. The van der Waals surface area contributed by atoms with E-state index in [0.717, 1.165) is 37.9 Å². The Kier molecular flexibility index (Phi) is 4.86. The zero-order valence-corrected chi connectivity index (χ0v) is 13.6. The highest BCUT2D eigenvalue weighted by atomic mass is 16.3. The Labute approximate surface area is 136 Å². The lowest BCUT2D eigenvalue weighted by molar-refractivity contribution is 0.0799. The van der Waals surface area contributed by atoms with E-state index < -0.39 is 0 Å². The van der Waals surface area contributed by atoms with Crippen molar-refractivity contribution in [3.8, 4) is 0 Å². The molecule has 0 aliphatic carbocycles. The van der Waals surface area contributed by atoms with E-state index in [9.17, 15) is 9.90 Å². The second kappa shape index (κ2) is 7.04. The molecule has 124 valence electrons. The Morgan fingerprint density at radius 2 is 2.13 bits per heavy atom. The summed E-state index contributed by atoms with van der Waals surface area (Å²) in [4.78, 5) is 17.3. The second-order valence-corrected chi connectivity index (χ2v) is 6.41. The summed E-state index contributed by atoms with van der Waals surface area (Å²) in [5.41, 5.74) is 2.36. The number of hydrogen-bond donors (Lipinski definition) is 3. The normalized spacial score (nSPS) is 17.4. The lowest BCUT2D eigenvalue weighted by atomic mass is 9.92. The Bertz CT molecular complexity index is 657. The van der Waals surface area contributed by atoms with Gasteiger partial charge in [0.1, 0.15) is 0 Å². The van der Waals surface area contributed by atoms with Crippen molar-refractivity contribution in [1.29, 1.82) is 0 Å². The molecule has 0 spiro atoms. The van der Waals surface area contributed by atoms with Crippen LogP contribution in [0.15, 0.2) is 30.5 Å². The predicted molar refractivity (Wildman–Crippen MR) is 91.4 cm³/mol. The number of aliphatic hydroxyl groups is 1. The van der Waals surface area contributed by atoms with Gasteiger partial charge in [0, 0.05) is 36.7 Å². The van der Waals surface area contributed by atoms with Gasteiger partial charge in [0.2, 0.25) is 0 Å². The first-order valence-electron chi connectivity index (χ1n) is 8.41. The van der Waals surface area contributed by atoms with Crippen LogP contribution in [0.5, 0.6) is 0 Å². The van der Waals surface area contributed by atoms with Crippen LogP contribution in [-0.4, -0.2) is 46.8 Å². The van der Waals surface area contributed by atoms with Crippen LogP contribution in [0.2, 0.25) is 0 Å². The van der Waals surface area contributed by atoms with Crippen molar-refractivity contribution >= 4 is 16.9 Å². The fraction of sp³-hybridized carbons (Fsp3) is 0.500. The van der Waals surface area contributed by atoms with E-state index in [-0.39, 0.29) is 12.1 Å². The minimum Gasteiger partial charge on any atom is -0.393 e. The number of fused-ring (bicyclic) bond motifs is 1. The first-order valence-corrected chi connectivity index (χ1v) is 8.41. The molecule has 2 amide bonds. The third-order valence-electron chi connectivity index (χ3n) is 4.85. The molecule has 1 aromatic heterocycles. The standard InChI is InChI=1S/C18H25N3O2/c1-13(22)14-7-10-21(11-8-14)18(23)19-9-6-15-12-20-17-5-3-2-4-16(15)17/h2-5,12-14,20,22H,6-11H2,1H3,(H,19,23). The van der Waals surface area contributed by atoms with Crippen molar-refractivity contribution in [3.63, 3.8) is 0 Å². The lowest BCUT2D eigenvalue weighted by Gasteiger charge is -2.33. The third kappa shape index (κ3) is 3.67. The van der Waals surface area contributed by atoms with Gasteiger partial charge < -0.3 is 20.3 Å². The fourth-order valence-electron chi connectivity index (χ4n) is 3.34. The van der Waals surface area contributed by atoms with Crippen LogP contribution in [0.1, 0.15) is 25.3 Å². The number of para-hydroxylation sites is 1. The number of aromatic nitrogens is 1. The number of aromatic amines is 1. The van der Waals surface area contributed by atoms with Crippen molar-refractivity contribution in [2.45, 2.75) is 32.3 Å². The number of aliphatic hydroxyl groups excluding tert-OH is 1. The summed E-state index contributed by atoms with van der Waals surface area (Å²) in [7, 11) is 0. The summed E-state index contributed by atoms with van der Waals surface area (Å²) < 4.78 is 0. The van der Waals surface area contributed by atoms with Gasteiger partial charge in [-0.1, -0.05) is 18.2 Å². The van der Waals surface area contributed by atoms with E-state index in [1.807, 2.05) is 30.2 Å². The molecule has 1 atom stereocenters. The molecule has 0 saturated carbocycles. The van der Waals surface area contributed by atoms with E-state index in [1.165, 1.54) is 10.9 Å². The minimum atomic E-state index is -0.276. The van der Waals surface area contributed by atoms with Gasteiger partial charge in [0.15, 0.2) is 0 Å². The van der Waals surface area contributed by atoms with Gasteiger partial charge in [-0.05, 0) is 43.7 Å². The second-order valence-electron chi connectivity index (χ2n) is 6.41. The van der Waals surface area contributed by atoms with Crippen LogP contribution < -0.4 is 5.32 Å². The van der Waals surface area contributed by atoms with Gasteiger partial charge in [-0.15, -0.1) is 0 Å². The third-order valence-corrected chi connectivity index (χ3v) is 4.85. The molecule has 3 N–H and O–H groups in total. The maximum Gasteiger partial charge on any atom is 0.317 e. The Balaban J connectivity index is 1.46. The molecule has 2 heterocycles. The number of rotatable bonds is 4. The first kappa shape index (κ1) is 15.9. The molecule has 3 rings (SSSR count). The zero-order chi connectivity index (χ0) is 16.2. The molecule has 5 nitrogen and oxygen atoms in total. The summed E-state index contributed by atoms with van der Waals surface area (Å²) in [5.74, 6) is 0.324. The van der Waals surface area contributed by atoms with Crippen LogP contribution in [0.25, 0.3) is 10.9 Å². The zero-order valence-electron chi connectivity index (χ0n) is 13.6. The summed E-state index contributed by atoms with van der Waals surface area (Å²) in [6, 6.07) is 8.22. The van der Waals surface area contributed by atoms with Gasteiger partial charge in [0.05, 0.1) is 6.10 Å². The molecular weight excluding hydrogens is 290 g/mol. The molecule has 2 aromatic rings. The van der Waals surface area contributed by atoms with Crippen molar-refractivity contribution < 1.29 is 9.90 Å². The maximum absolute atomic E-state index is 12.2. The monoisotopic (exact) mass is 315 g/mol. The fourth-order valence-corrected chi connectivity index (χ4v) is 3.34. The molecular formula is C18H25N3O2. The van der Waals surface area contributed by atoms with Gasteiger partial charge in [0.25, 0.3) is 0 Å². The molecule has 1 aliphatic rings. The van der Waals surface area contributed by atoms with Crippen molar-refractivity contribution in [2.24, 2.45) is 5.92 Å². The van der Waals surface area contributed by atoms with Crippen LogP contribution in [0.3, 0.4) is 0 Å². The maximum atomic E-state index is 12.2. The highest BCUT2D eigenvalue weighted by Gasteiger charge is 2.25. The van der Waals surface area contributed by atoms with Crippen molar-refractivity contribution in [3.05, 3.63) is 36.0 Å². The summed E-state index contributed by atoms with van der Waals surface area (Å²) in [5, 5.41) is 13.8. The van der Waals surface area contributed by atoms with Crippen LogP contribution >= 0.6 is 0 Å². The molecule has 1 saturated heterocycles. The predicted octanol–water partition coefficient (Wildman–Crippen LogP) is 2.51. The average Bonchev–Trinajstić information content (AvgIpc) is 2.98. The Morgan fingerprint density at radius 3 is 2.87 bits per heavy atom. The van der Waals surface area contributed by atoms with Gasteiger partial charge in [-0.25, -0.2) is 4.79 Å². The van der Waals surface area contributed by atoms with Gasteiger partial charge >= 0.3 is 6.03 Å². The van der Waals surface area contributed by atoms with Gasteiger partial charge in [-0.3, -0.25) is 0 Å². The molecule has 5 heteroatoms. The quantitative estimate of drug-likeness (QED) is 0.811. The number of hydrogen-bond acceptors (Lipinski definition) is 2. The molecule has 0 bridgehead atoms. The number of carbonyl (C=O) groups excluding carboxylic acids is 1. The van der Waals surface area contributed by atoms with E-state index >= 15 is 0 Å². The number of H-pyrrole nitrogens is 1. The number of urea groups is 1. The Hall–Kier alpha value is -2.01. The first-order chi connectivity index (χ1) is 11.1. The van der Waals surface area contributed by atoms with E-state index in [4.69, 9.17) is 0 Å². The highest BCUT2D eigenvalue weighted by Crippen LogP contribution is 2.20. The number of amides is 2. The molecule has 1 unspecified atom stereocenters. The van der Waals surface area contributed by atoms with Crippen molar-refractivity contribution in [1.82, 2.24) is 15.2 Å². The van der Waals surface area contributed by atoms with Crippen LogP contribution in [0, 0.1) is 5.92 Å². The summed E-state index contributed by atoms with van der Waals surface area (Å²) >= 11 is 0. The smallest absolute Gasteiger partial charge is 0.317 e. The highest BCUT2D eigenvalue weighted by molar-refractivity contribution is 5.83. The van der Waals surface area contributed by atoms with E-state index in [2.05, 4.69) is 22.4 Å². The number of carbonyl (C=O) groups is 1. The molecule has 1 fully saturated rings. The summed E-state index contributed by atoms with van der Waals surface area (Å²) in [6.45, 7) is 3.93.